The molecule has 29 heavy (non-hydrogen) atoms. The molecule has 7 heteroatoms. The lowest BCUT2D eigenvalue weighted by atomic mass is 9.92. The topological polar surface area (TPSA) is 65.3 Å². The summed E-state index contributed by atoms with van der Waals surface area (Å²) in [6.07, 6.45) is 1.17. The smallest absolute Gasteiger partial charge is 0.259 e. The maximum absolute atomic E-state index is 13.1. The average Bonchev–Trinajstić information content (AvgIpc) is 3.03. The Labute approximate surface area is 176 Å². The maximum atomic E-state index is 13.1. The molecule has 0 aromatic heterocycles. The van der Waals surface area contributed by atoms with Crippen molar-refractivity contribution in [2.24, 2.45) is 27.7 Å². The molecule has 0 N–H and O–H groups in total. The minimum Gasteiger partial charge on any atom is -0.341 e. The fraction of sp³-hybridized carbons (Fsp3) is 0.545. The molecule has 1 aromatic rings. The highest BCUT2D eigenvalue weighted by molar-refractivity contribution is 8.14. The Hall–Kier alpha value is -2.15. The number of hydrogen-bond acceptors (Lipinski definition) is 5. The molecule has 3 aliphatic heterocycles. The molecule has 0 radical (unpaired) electrons. The zero-order valence-electron chi connectivity index (χ0n) is 17.5. The van der Waals surface area contributed by atoms with Gasteiger partial charge < -0.3 is 4.90 Å². The van der Waals surface area contributed by atoms with Crippen LogP contribution in [-0.2, 0) is 9.59 Å². The lowest BCUT2D eigenvalue weighted by molar-refractivity contribution is -0.131. The van der Waals surface area contributed by atoms with Gasteiger partial charge in [0, 0.05) is 18.7 Å². The highest BCUT2D eigenvalue weighted by Gasteiger charge is 2.42. The number of benzene rings is 1. The highest BCUT2D eigenvalue weighted by Crippen LogP contribution is 2.35. The number of piperidine rings is 1. The summed E-state index contributed by atoms with van der Waals surface area (Å²) in [5.74, 6) is 2.16. The summed E-state index contributed by atoms with van der Waals surface area (Å²) < 4.78 is 0. The van der Waals surface area contributed by atoms with Gasteiger partial charge >= 0.3 is 0 Å². The number of carbonyl (C=O) groups excluding carboxylic acids is 2. The van der Waals surface area contributed by atoms with Crippen LogP contribution >= 0.6 is 11.8 Å². The number of thioether (sulfide) groups is 1. The molecule has 0 aliphatic carbocycles. The Kier molecular flexibility index (Phi) is 5.51. The summed E-state index contributed by atoms with van der Waals surface area (Å²) in [6, 6.07) is 7.34. The van der Waals surface area contributed by atoms with E-state index in [1.807, 2.05) is 43.0 Å². The van der Waals surface area contributed by atoms with E-state index in [9.17, 15) is 9.59 Å². The van der Waals surface area contributed by atoms with Gasteiger partial charge in [0.1, 0.15) is 11.9 Å². The van der Waals surface area contributed by atoms with E-state index >= 15 is 0 Å². The molecule has 3 atom stereocenters. The van der Waals surface area contributed by atoms with E-state index in [0.29, 0.717) is 22.8 Å². The molecule has 6 nitrogen and oxygen atoms in total. The maximum Gasteiger partial charge on any atom is 0.259 e. The Morgan fingerprint density at radius 1 is 1.21 bits per heavy atom. The molecule has 0 saturated carbocycles. The van der Waals surface area contributed by atoms with Gasteiger partial charge in [0.25, 0.3) is 5.91 Å². The number of rotatable bonds is 3. The second-order valence-electron chi connectivity index (χ2n) is 8.76. The molecule has 1 saturated heterocycles. The number of carbonyl (C=O) groups is 2. The van der Waals surface area contributed by atoms with Crippen molar-refractivity contribution in [3.05, 3.63) is 29.8 Å². The molecular formula is C22H28N4O2S. The van der Waals surface area contributed by atoms with Crippen molar-refractivity contribution >= 4 is 40.3 Å². The van der Waals surface area contributed by atoms with Gasteiger partial charge in [0.2, 0.25) is 5.91 Å². The third-order valence-corrected chi connectivity index (χ3v) is 6.60. The van der Waals surface area contributed by atoms with Crippen molar-refractivity contribution < 1.29 is 9.59 Å². The van der Waals surface area contributed by atoms with Crippen LogP contribution in [0.2, 0.25) is 0 Å². The Bertz CT molecular complexity index is 885. The predicted octanol–water partition coefficient (Wildman–Crippen LogP) is 3.54. The van der Waals surface area contributed by atoms with Gasteiger partial charge in [0.15, 0.2) is 5.17 Å². The van der Waals surface area contributed by atoms with Crippen LogP contribution in [0.15, 0.2) is 34.3 Å². The number of aliphatic imine (C=N–C) groups is 2. The largest absolute Gasteiger partial charge is 0.341 e. The van der Waals surface area contributed by atoms with Crippen LogP contribution in [0.5, 0.6) is 0 Å². The monoisotopic (exact) mass is 412 g/mol. The molecule has 1 aromatic carbocycles. The summed E-state index contributed by atoms with van der Waals surface area (Å²) >= 11 is 1.34. The van der Waals surface area contributed by atoms with Gasteiger partial charge in [-0.1, -0.05) is 51.6 Å². The third kappa shape index (κ3) is 3.84. The van der Waals surface area contributed by atoms with E-state index in [1.54, 1.807) is 4.90 Å². The van der Waals surface area contributed by atoms with E-state index in [-0.39, 0.29) is 23.5 Å². The van der Waals surface area contributed by atoms with E-state index in [0.717, 1.165) is 24.3 Å². The van der Waals surface area contributed by atoms with Gasteiger partial charge in [-0.2, -0.15) is 0 Å². The van der Waals surface area contributed by atoms with Gasteiger partial charge in [-0.05, 0) is 36.3 Å². The first-order valence-electron chi connectivity index (χ1n) is 10.4. The number of amides is 2. The van der Waals surface area contributed by atoms with Crippen LogP contribution in [0.1, 0.15) is 39.7 Å². The van der Waals surface area contributed by atoms with Crippen molar-refractivity contribution in [3.63, 3.8) is 0 Å². The first-order chi connectivity index (χ1) is 13.8. The summed E-state index contributed by atoms with van der Waals surface area (Å²) in [4.78, 5) is 38.9. The Morgan fingerprint density at radius 3 is 2.59 bits per heavy atom. The van der Waals surface area contributed by atoms with Crippen molar-refractivity contribution in [1.82, 2.24) is 9.80 Å². The van der Waals surface area contributed by atoms with Crippen molar-refractivity contribution in [1.29, 1.82) is 0 Å². The first-order valence-corrected chi connectivity index (χ1v) is 11.3. The van der Waals surface area contributed by atoms with E-state index in [4.69, 9.17) is 9.98 Å². The van der Waals surface area contributed by atoms with Crippen LogP contribution in [0.4, 0.5) is 5.69 Å². The van der Waals surface area contributed by atoms with Crippen LogP contribution in [-0.4, -0.2) is 57.5 Å². The number of amidine groups is 2. The first kappa shape index (κ1) is 20.1. The molecule has 154 valence electrons. The van der Waals surface area contributed by atoms with Gasteiger partial charge in [-0.25, -0.2) is 9.89 Å². The van der Waals surface area contributed by atoms with Gasteiger partial charge in [-0.3, -0.25) is 14.6 Å². The lowest BCUT2D eigenvalue weighted by Gasteiger charge is -2.35. The van der Waals surface area contributed by atoms with Crippen LogP contribution in [0.25, 0.3) is 0 Å². The molecule has 1 fully saturated rings. The summed E-state index contributed by atoms with van der Waals surface area (Å²) in [7, 11) is 0. The molecular weight excluding hydrogens is 384 g/mol. The van der Waals surface area contributed by atoms with Crippen LogP contribution < -0.4 is 0 Å². The minimum absolute atomic E-state index is 0.0524. The van der Waals surface area contributed by atoms with Gasteiger partial charge in [0.05, 0.1) is 11.4 Å². The molecule has 0 unspecified atom stereocenters. The number of nitrogens with zero attached hydrogens (tertiary/aromatic N) is 4. The fourth-order valence-electron chi connectivity index (χ4n) is 4.38. The molecule has 0 bridgehead atoms. The predicted molar refractivity (Wildman–Crippen MR) is 118 cm³/mol. The molecule has 4 rings (SSSR count). The van der Waals surface area contributed by atoms with E-state index < -0.39 is 6.04 Å². The normalized spacial score (nSPS) is 26.2. The SMILES string of the molecule is CC(C)[C@@H]1N=C2c3ccccc3N=C(SCC(=O)N3C[C@H](C)C[C@@H](C)C3)N2C1=O. The van der Waals surface area contributed by atoms with Crippen LogP contribution in [0.3, 0.4) is 0 Å². The Morgan fingerprint density at radius 2 is 1.90 bits per heavy atom. The van der Waals surface area contributed by atoms with Crippen molar-refractivity contribution in [2.45, 2.75) is 40.2 Å². The van der Waals surface area contributed by atoms with Crippen molar-refractivity contribution in [3.8, 4) is 0 Å². The summed E-state index contributed by atoms with van der Waals surface area (Å²) in [6.45, 7) is 10.0. The third-order valence-electron chi connectivity index (χ3n) is 5.68. The van der Waals surface area contributed by atoms with Gasteiger partial charge in [-0.15, -0.1) is 0 Å². The zero-order chi connectivity index (χ0) is 20.7. The zero-order valence-corrected chi connectivity index (χ0v) is 18.3. The van der Waals surface area contributed by atoms with E-state index in [2.05, 4.69) is 13.8 Å². The average molecular weight is 413 g/mol. The Balaban J connectivity index is 1.56. The molecule has 0 spiro atoms. The minimum atomic E-state index is -0.401. The number of para-hydroxylation sites is 1. The van der Waals surface area contributed by atoms with Crippen molar-refractivity contribution in [2.75, 3.05) is 18.8 Å². The van der Waals surface area contributed by atoms with E-state index in [1.165, 1.54) is 18.2 Å². The number of likely N-dealkylation sites (tertiary alicyclic amines) is 1. The summed E-state index contributed by atoms with van der Waals surface area (Å²) in [5.41, 5.74) is 1.67. The lowest BCUT2D eigenvalue weighted by Crippen LogP contribution is -2.45. The summed E-state index contributed by atoms with van der Waals surface area (Å²) in [5, 5.41) is 0.557. The number of hydrogen-bond donors (Lipinski definition) is 0. The number of fused-ring (bicyclic) bond motifs is 3. The standard InChI is InChI=1S/C22H28N4O2S/c1-13(2)19-21(28)26-20(24-19)16-7-5-6-8-17(16)23-22(26)29-12-18(27)25-10-14(3)9-15(4)11-25/h5-8,13-15,19H,9-12H2,1-4H3/t14-,15-,19+/m1/s1. The second kappa shape index (κ2) is 7.94. The second-order valence-corrected chi connectivity index (χ2v) is 9.70. The van der Waals surface area contributed by atoms with Crippen LogP contribution in [0, 0.1) is 17.8 Å². The molecule has 3 aliphatic rings. The quantitative estimate of drug-likeness (QED) is 0.763. The molecule has 2 amide bonds. The fourth-order valence-corrected chi connectivity index (χ4v) is 5.29. The highest BCUT2D eigenvalue weighted by atomic mass is 32.2. The molecule has 3 heterocycles.